The normalized spacial score (nSPS) is 27.4. The molecule has 3 unspecified atom stereocenters. The predicted molar refractivity (Wildman–Crippen MR) is 138 cm³/mol. The molecule has 2 aliphatic carbocycles. The van der Waals surface area contributed by atoms with Gasteiger partial charge in [-0.15, -0.1) is 11.6 Å². The van der Waals surface area contributed by atoms with Crippen LogP contribution in [0.5, 0.6) is 0 Å². The maximum absolute atomic E-state index is 7.38. The second kappa shape index (κ2) is 10.5. The van der Waals surface area contributed by atoms with Crippen LogP contribution in [0.25, 0.3) is 0 Å². The second-order valence-corrected chi connectivity index (χ2v) is 10.8. The van der Waals surface area contributed by atoms with Gasteiger partial charge in [0, 0.05) is 10.8 Å². The smallest absolute Gasteiger partial charge is 0.174 e. The van der Waals surface area contributed by atoms with Crippen molar-refractivity contribution < 1.29 is 4.74 Å². The van der Waals surface area contributed by atoms with E-state index in [4.69, 9.17) is 16.3 Å². The Morgan fingerprint density at radius 3 is 2.18 bits per heavy atom. The van der Waals surface area contributed by atoms with E-state index in [1.165, 1.54) is 56.1 Å². The molecule has 0 bridgehead atoms. The Kier molecular flexibility index (Phi) is 7.21. The molecule has 0 amide bonds. The number of ether oxygens (including phenoxy) is 1. The van der Waals surface area contributed by atoms with Crippen molar-refractivity contribution in [2.24, 2.45) is 22.7 Å². The Hall–Kier alpha value is -2.06. The Balaban J connectivity index is 1.38. The molecule has 2 fully saturated rings. The highest BCUT2D eigenvalue weighted by atomic mass is 35.5. The molecule has 33 heavy (non-hydrogen) atoms. The molecule has 174 valence electrons. The summed E-state index contributed by atoms with van der Waals surface area (Å²) in [4.78, 5) is 4.47. The van der Waals surface area contributed by atoms with Crippen LogP contribution < -0.4 is 0 Å². The fourth-order valence-electron chi connectivity index (χ4n) is 6.65. The number of aliphatic imine (C=N–C) groups is 1. The van der Waals surface area contributed by atoms with Gasteiger partial charge in [0.05, 0.1) is 5.70 Å². The summed E-state index contributed by atoms with van der Waals surface area (Å²) in [6.45, 7) is 0.636. The molecule has 3 heteroatoms. The first kappa shape index (κ1) is 22.7. The summed E-state index contributed by atoms with van der Waals surface area (Å²) in [5, 5.41) is 0.0912. The van der Waals surface area contributed by atoms with Gasteiger partial charge in [-0.05, 0) is 67.4 Å². The molecule has 0 radical (unpaired) electrons. The van der Waals surface area contributed by atoms with Crippen molar-refractivity contribution >= 4 is 18.0 Å². The molecule has 0 aromatic heterocycles. The first-order chi connectivity index (χ1) is 16.3. The average molecular weight is 462 g/mol. The predicted octanol–water partition coefficient (Wildman–Crippen LogP) is 7.91. The van der Waals surface area contributed by atoms with E-state index >= 15 is 0 Å². The number of nitrogens with zero attached hydrogens (tertiary/aromatic N) is 1. The largest absolute Gasteiger partial charge is 0.477 e. The van der Waals surface area contributed by atoms with Crippen LogP contribution in [0.2, 0.25) is 0 Å². The third kappa shape index (κ3) is 4.92. The lowest BCUT2D eigenvalue weighted by atomic mass is 9.61. The van der Waals surface area contributed by atoms with Gasteiger partial charge in [-0.25, -0.2) is 4.99 Å². The molecule has 0 spiro atoms. The minimum Gasteiger partial charge on any atom is -0.477 e. The molecular formula is C30H36ClNO. The molecular weight excluding hydrogens is 426 g/mol. The molecule has 2 nitrogen and oxygen atoms in total. The molecule has 0 N–H and O–H groups in total. The SMILES string of the molecule is ClC1CC(CC(C=C2COC=N2)C2CCCCC2)CCC1(c1ccccc1)c1ccccc1. The van der Waals surface area contributed by atoms with Gasteiger partial charge in [-0.3, -0.25) is 0 Å². The number of hydrogen-bond acceptors (Lipinski definition) is 2. The topological polar surface area (TPSA) is 21.6 Å². The summed E-state index contributed by atoms with van der Waals surface area (Å²) in [6.07, 6.45) is 15.5. The van der Waals surface area contributed by atoms with Crippen molar-refractivity contribution in [1.29, 1.82) is 0 Å². The number of alkyl halides is 1. The monoisotopic (exact) mass is 461 g/mol. The van der Waals surface area contributed by atoms with Gasteiger partial charge in [0.25, 0.3) is 0 Å². The first-order valence-electron chi connectivity index (χ1n) is 12.9. The van der Waals surface area contributed by atoms with Crippen LogP contribution in [-0.4, -0.2) is 18.4 Å². The van der Waals surface area contributed by atoms with Crippen molar-refractivity contribution in [1.82, 2.24) is 0 Å². The molecule has 0 saturated heterocycles. The molecule has 2 aromatic carbocycles. The van der Waals surface area contributed by atoms with Crippen molar-refractivity contribution in [3.05, 3.63) is 83.6 Å². The van der Waals surface area contributed by atoms with Crippen LogP contribution in [0.4, 0.5) is 0 Å². The van der Waals surface area contributed by atoms with Gasteiger partial charge in [-0.1, -0.05) is 86.0 Å². The maximum atomic E-state index is 7.38. The fourth-order valence-corrected chi connectivity index (χ4v) is 7.26. The molecule has 3 aliphatic rings. The van der Waals surface area contributed by atoms with Crippen LogP contribution in [0.3, 0.4) is 0 Å². The molecule has 1 heterocycles. The van der Waals surface area contributed by atoms with Gasteiger partial charge in [-0.2, -0.15) is 0 Å². The van der Waals surface area contributed by atoms with E-state index in [1.807, 2.05) is 0 Å². The van der Waals surface area contributed by atoms with Crippen molar-refractivity contribution in [3.8, 4) is 0 Å². The number of hydrogen-bond donors (Lipinski definition) is 0. The highest BCUT2D eigenvalue weighted by Gasteiger charge is 2.45. The van der Waals surface area contributed by atoms with Gasteiger partial charge < -0.3 is 4.74 Å². The van der Waals surface area contributed by atoms with Gasteiger partial charge in [0.15, 0.2) is 6.40 Å². The minimum atomic E-state index is -0.108. The third-order valence-electron chi connectivity index (χ3n) is 8.39. The van der Waals surface area contributed by atoms with Crippen molar-refractivity contribution in [2.45, 2.75) is 68.6 Å². The van der Waals surface area contributed by atoms with E-state index in [9.17, 15) is 0 Å². The lowest BCUT2D eigenvalue weighted by molar-refractivity contribution is 0.199. The average Bonchev–Trinajstić information content (AvgIpc) is 3.39. The number of benzene rings is 2. The molecule has 1 aliphatic heterocycles. The summed E-state index contributed by atoms with van der Waals surface area (Å²) in [6, 6.07) is 21.9. The van der Waals surface area contributed by atoms with E-state index in [0.29, 0.717) is 18.4 Å². The van der Waals surface area contributed by atoms with Crippen molar-refractivity contribution in [2.75, 3.05) is 6.61 Å². The molecule has 2 aromatic rings. The van der Waals surface area contributed by atoms with E-state index in [2.05, 4.69) is 71.7 Å². The standard InChI is InChI=1S/C30H36ClNO/c31-29-19-23(18-25(20-28-21-33-22-32-28)24-10-4-1-5-11-24)16-17-30(29,26-12-6-2-7-13-26)27-14-8-3-9-15-27/h2-3,6-9,12-15,20,22-25,29H,1,4-5,10-11,16-19,21H2. The Bertz CT molecular complexity index is 908. The molecule has 5 rings (SSSR count). The third-order valence-corrected chi connectivity index (χ3v) is 8.94. The van der Waals surface area contributed by atoms with Crippen molar-refractivity contribution in [3.63, 3.8) is 0 Å². The van der Waals surface area contributed by atoms with E-state index in [1.54, 1.807) is 6.40 Å². The van der Waals surface area contributed by atoms with Gasteiger partial charge >= 0.3 is 0 Å². The summed E-state index contributed by atoms with van der Waals surface area (Å²) < 4.78 is 5.40. The first-order valence-corrected chi connectivity index (χ1v) is 13.3. The fraction of sp³-hybridized carbons (Fsp3) is 0.500. The minimum absolute atomic E-state index is 0.0912. The van der Waals surface area contributed by atoms with Crippen LogP contribution >= 0.6 is 11.6 Å². The Morgan fingerprint density at radius 1 is 0.939 bits per heavy atom. The van der Waals surface area contributed by atoms with Gasteiger partial charge in [0.2, 0.25) is 0 Å². The van der Waals surface area contributed by atoms with E-state index in [-0.39, 0.29) is 10.8 Å². The number of allylic oxidation sites excluding steroid dienone is 1. The van der Waals surface area contributed by atoms with Crippen LogP contribution in [0, 0.1) is 17.8 Å². The Morgan fingerprint density at radius 2 is 1.61 bits per heavy atom. The molecule has 3 atom stereocenters. The summed E-state index contributed by atoms with van der Waals surface area (Å²) in [5.74, 6) is 2.03. The highest BCUT2D eigenvalue weighted by molar-refractivity contribution is 6.22. The zero-order chi connectivity index (χ0) is 22.5. The summed E-state index contributed by atoms with van der Waals surface area (Å²) in [5.41, 5.74) is 3.73. The highest BCUT2D eigenvalue weighted by Crippen LogP contribution is 2.51. The summed E-state index contributed by atoms with van der Waals surface area (Å²) >= 11 is 7.38. The van der Waals surface area contributed by atoms with E-state index in [0.717, 1.165) is 24.5 Å². The number of halogens is 1. The molecule has 2 saturated carbocycles. The lowest BCUT2D eigenvalue weighted by Crippen LogP contribution is -2.43. The maximum Gasteiger partial charge on any atom is 0.174 e. The lowest BCUT2D eigenvalue weighted by Gasteiger charge is -2.46. The number of rotatable bonds is 6. The van der Waals surface area contributed by atoms with Gasteiger partial charge in [0.1, 0.15) is 6.61 Å². The van der Waals surface area contributed by atoms with Crippen LogP contribution in [-0.2, 0) is 10.2 Å². The van der Waals surface area contributed by atoms with Crippen LogP contribution in [0.15, 0.2) is 77.4 Å². The van der Waals surface area contributed by atoms with E-state index < -0.39 is 0 Å². The summed E-state index contributed by atoms with van der Waals surface area (Å²) in [7, 11) is 0. The quantitative estimate of drug-likeness (QED) is 0.400. The zero-order valence-electron chi connectivity index (χ0n) is 19.5. The zero-order valence-corrected chi connectivity index (χ0v) is 20.3. The van der Waals surface area contributed by atoms with Crippen LogP contribution in [0.1, 0.15) is 68.9 Å². The second-order valence-electron chi connectivity index (χ2n) is 10.3. The Labute approximate surface area is 204 Å².